The standard InChI is InChI=1S/C20H33NO2.CH4/c1-3-4-5-6-7-12-23-19-11-9-16-13-18(20(2,21)15-22)10-8-17(16)14-19;/h9,11,14,18,22H,3-8,10,12-13,15,21H2,1-2H3;1H4/t18?,20-;/m0./s1. The topological polar surface area (TPSA) is 55.5 Å². The Morgan fingerprint density at radius 2 is 1.96 bits per heavy atom. The van der Waals surface area contributed by atoms with E-state index in [9.17, 15) is 5.11 Å². The van der Waals surface area contributed by atoms with E-state index in [1.807, 2.05) is 6.92 Å². The van der Waals surface area contributed by atoms with E-state index in [-0.39, 0.29) is 14.0 Å². The summed E-state index contributed by atoms with van der Waals surface area (Å²) in [6.45, 7) is 5.06. The predicted molar refractivity (Wildman–Crippen MR) is 103 cm³/mol. The van der Waals surface area contributed by atoms with E-state index < -0.39 is 5.54 Å². The van der Waals surface area contributed by atoms with Crippen LogP contribution in [0.5, 0.6) is 5.75 Å². The molecule has 3 heteroatoms. The van der Waals surface area contributed by atoms with E-state index in [0.717, 1.165) is 38.0 Å². The number of nitrogens with two attached hydrogens (primary N) is 1. The Hall–Kier alpha value is -1.06. The Labute approximate surface area is 148 Å². The molecule has 2 rings (SSSR count). The number of aliphatic hydroxyl groups is 1. The lowest BCUT2D eigenvalue weighted by Gasteiger charge is -2.36. The number of aliphatic hydroxyl groups excluding tert-OH is 1. The molecule has 0 fully saturated rings. The zero-order valence-electron chi connectivity index (χ0n) is 14.8. The third kappa shape index (κ3) is 5.78. The maximum absolute atomic E-state index is 9.47. The van der Waals surface area contributed by atoms with Crippen molar-refractivity contribution in [1.29, 1.82) is 0 Å². The molecule has 0 amide bonds. The minimum absolute atomic E-state index is 0. The fraction of sp³-hybridized carbons (Fsp3) is 0.714. The highest BCUT2D eigenvalue weighted by atomic mass is 16.5. The van der Waals surface area contributed by atoms with Crippen molar-refractivity contribution < 1.29 is 9.84 Å². The Kier molecular flexibility index (Phi) is 8.79. The van der Waals surface area contributed by atoms with Crippen LogP contribution in [-0.2, 0) is 12.8 Å². The van der Waals surface area contributed by atoms with Crippen molar-refractivity contribution in [2.24, 2.45) is 11.7 Å². The van der Waals surface area contributed by atoms with E-state index in [2.05, 4.69) is 25.1 Å². The molecular weight excluding hydrogens is 298 g/mol. The summed E-state index contributed by atoms with van der Waals surface area (Å²) in [5.41, 5.74) is 8.49. The van der Waals surface area contributed by atoms with Gasteiger partial charge in [0.05, 0.1) is 13.2 Å². The van der Waals surface area contributed by atoms with Crippen LogP contribution in [0.15, 0.2) is 18.2 Å². The van der Waals surface area contributed by atoms with Gasteiger partial charge in [0.1, 0.15) is 5.75 Å². The van der Waals surface area contributed by atoms with Gasteiger partial charge in [-0.25, -0.2) is 0 Å². The predicted octanol–water partition coefficient (Wildman–Crippen LogP) is 4.49. The highest BCUT2D eigenvalue weighted by molar-refractivity contribution is 5.38. The van der Waals surface area contributed by atoms with Crippen LogP contribution in [0.3, 0.4) is 0 Å². The van der Waals surface area contributed by atoms with E-state index in [4.69, 9.17) is 10.5 Å². The SMILES string of the molecule is C.CCCCCCCOc1ccc2c(c1)CCC([C@@](C)(N)CO)C2. The summed E-state index contributed by atoms with van der Waals surface area (Å²) in [6.07, 6.45) is 9.35. The van der Waals surface area contributed by atoms with Crippen LogP contribution in [0.25, 0.3) is 0 Å². The van der Waals surface area contributed by atoms with Gasteiger partial charge in [0.25, 0.3) is 0 Å². The molecule has 0 heterocycles. The summed E-state index contributed by atoms with van der Waals surface area (Å²) in [5, 5.41) is 9.47. The summed E-state index contributed by atoms with van der Waals surface area (Å²) in [6, 6.07) is 6.46. The molecule has 0 bridgehead atoms. The minimum atomic E-state index is -0.481. The summed E-state index contributed by atoms with van der Waals surface area (Å²) >= 11 is 0. The van der Waals surface area contributed by atoms with E-state index >= 15 is 0 Å². The van der Waals surface area contributed by atoms with Crippen LogP contribution in [0.4, 0.5) is 0 Å². The zero-order chi connectivity index (χ0) is 16.7. The smallest absolute Gasteiger partial charge is 0.119 e. The van der Waals surface area contributed by atoms with Crippen LogP contribution < -0.4 is 10.5 Å². The molecule has 1 aromatic rings. The van der Waals surface area contributed by atoms with E-state index in [1.54, 1.807) is 0 Å². The van der Waals surface area contributed by atoms with Gasteiger partial charge in [0.2, 0.25) is 0 Å². The van der Waals surface area contributed by atoms with Gasteiger partial charge >= 0.3 is 0 Å². The largest absolute Gasteiger partial charge is 0.494 e. The number of aryl methyl sites for hydroxylation is 1. The molecule has 3 N–H and O–H groups in total. The summed E-state index contributed by atoms with van der Waals surface area (Å²) in [5.74, 6) is 1.35. The first-order chi connectivity index (χ1) is 11.1. The van der Waals surface area contributed by atoms with Crippen molar-refractivity contribution in [3.8, 4) is 5.75 Å². The molecule has 2 atom stereocenters. The number of hydrogen-bond donors (Lipinski definition) is 2. The van der Waals surface area contributed by atoms with Gasteiger partial charge in [0.15, 0.2) is 0 Å². The van der Waals surface area contributed by atoms with Gasteiger partial charge in [-0.15, -0.1) is 0 Å². The van der Waals surface area contributed by atoms with Crippen LogP contribution in [0.2, 0.25) is 0 Å². The number of fused-ring (bicyclic) bond motifs is 1. The molecule has 1 aromatic carbocycles. The average molecular weight is 336 g/mol. The highest BCUT2D eigenvalue weighted by Crippen LogP contribution is 2.33. The molecule has 1 aliphatic rings. The molecule has 0 saturated heterocycles. The molecule has 0 aliphatic heterocycles. The fourth-order valence-electron chi connectivity index (χ4n) is 3.41. The van der Waals surface area contributed by atoms with Crippen LogP contribution in [0.1, 0.15) is 70.9 Å². The minimum Gasteiger partial charge on any atom is -0.494 e. The summed E-state index contributed by atoms with van der Waals surface area (Å²) < 4.78 is 5.90. The Balaban J connectivity index is 0.00000288. The molecular formula is C21H37NO2. The number of ether oxygens (including phenoxy) is 1. The fourth-order valence-corrected chi connectivity index (χ4v) is 3.41. The quantitative estimate of drug-likeness (QED) is 0.654. The summed E-state index contributed by atoms with van der Waals surface area (Å²) in [4.78, 5) is 0. The van der Waals surface area contributed by atoms with Crippen molar-refractivity contribution >= 4 is 0 Å². The van der Waals surface area contributed by atoms with Gasteiger partial charge in [-0.05, 0) is 61.8 Å². The Bertz CT molecular complexity index is 485. The number of unbranched alkanes of at least 4 members (excludes halogenated alkanes) is 4. The number of benzene rings is 1. The third-order valence-electron chi connectivity index (χ3n) is 5.20. The summed E-state index contributed by atoms with van der Waals surface area (Å²) in [7, 11) is 0. The van der Waals surface area contributed by atoms with E-state index in [1.165, 1.54) is 36.8 Å². The van der Waals surface area contributed by atoms with Gasteiger partial charge in [-0.2, -0.15) is 0 Å². The molecule has 1 aliphatic carbocycles. The molecule has 0 aromatic heterocycles. The van der Waals surface area contributed by atoms with Crippen LogP contribution >= 0.6 is 0 Å². The molecule has 0 spiro atoms. The Morgan fingerprint density at radius 3 is 2.67 bits per heavy atom. The lowest BCUT2D eigenvalue weighted by atomic mass is 9.74. The normalized spacial score (nSPS) is 19.1. The lowest BCUT2D eigenvalue weighted by Crippen LogP contribution is -2.49. The first kappa shape index (κ1) is 21.0. The first-order valence-electron chi connectivity index (χ1n) is 9.21. The van der Waals surface area contributed by atoms with E-state index in [0.29, 0.717) is 5.92 Å². The Morgan fingerprint density at radius 1 is 1.21 bits per heavy atom. The molecule has 138 valence electrons. The highest BCUT2D eigenvalue weighted by Gasteiger charge is 2.32. The maximum atomic E-state index is 9.47. The maximum Gasteiger partial charge on any atom is 0.119 e. The van der Waals surface area contributed by atoms with Crippen molar-refractivity contribution in [2.45, 2.75) is 78.2 Å². The average Bonchev–Trinajstić information content (AvgIpc) is 2.57. The van der Waals surface area contributed by atoms with Crippen LogP contribution in [-0.4, -0.2) is 23.9 Å². The zero-order valence-corrected chi connectivity index (χ0v) is 14.8. The van der Waals surface area contributed by atoms with Gasteiger partial charge < -0.3 is 15.6 Å². The number of rotatable bonds is 9. The second kappa shape index (κ2) is 10.0. The van der Waals surface area contributed by atoms with Crippen molar-refractivity contribution in [3.63, 3.8) is 0 Å². The van der Waals surface area contributed by atoms with Gasteiger partial charge in [-0.1, -0.05) is 46.1 Å². The molecule has 0 saturated carbocycles. The second-order valence-electron chi connectivity index (χ2n) is 7.30. The van der Waals surface area contributed by atoms with Crippen molar-refractivity contribution in [3.05, 3.63) is 29.3 Å². The third-order valence-corrected chi connectivity index (χ3v) is 5.20. The lowest BCUT2D eigenvalue weighted by molar-refractivity contribution is 0.144. The van der Waals surface area contributed by atoms with Gasteiger partial charge in [-0.3, -0.25) is 0 Å². The molecule has 1 unspecified atom stereocenters. The first-order valence-corrected chi connectivity index (χ1v) is 9.21. The molecule has 0 radical (unpaired) electrons. The second-order valence-corrected chi connectivity index (χ2v) is 7.30. The molecule has 3 nitrogen and oxygen atoms in total. The monoisotopic (exact) mass is 335 g/mol. The van der Waals surface area contributed by atoms with Crippen molar-refractivity contribution in [1.82, 2.24) is 0 Å². The van der Waals surface area contributed by atoms with Crippen LogP contribution in [0, 0.1) is 5.92 Å². The van der Waals surface area contributed by atoms with Crippen molar-refractivity contribution in [2.75, 3.05) is 13.2 Å². The molecule has 24 heavy (non-hydrogen) atoms. The van der Waals surface area contributed by atoms with Gasteiger partial charge in [0, 0.05) is 5.54 Å². The number of hydrogen-bond acceptors (Lipinski definition) is 3.